The molecule has 0 radical (unpaired) electrons. The van der Waals surface area contributed by atoms with Crippen molar-refractivity contribution in [3.63, 3.8) is 0 Å². The van der Waals surface area contributed by atoms with E-state index < -0.39 is 0 Å². The van der Waals surface area contributed by atoms with Crippen LogP contribution in [0, 0.1) is 0 Å². The van der Waals surface area contributed by atoms with E-state index in [2.05, 4.69) is 31.9 Å². The minimum absolute atomic E-state index is 0.510. The molecule has 42 valence electrons. The standard InChI is InChI=1S/C6H4Br2/c7-5-2-1-3-6(8)4-5/h1-4H/i1D. The highest BCUT2D eigenvalue weighted by molar-refractivity contribution is 9.11. The molecule has 0 saturated carbocycles. The normalized spacial score (nSPS) is 11.0. The first-order valence-corrected chi connectivity index (χ1v) is 3.70. The summed E-state index contributed by atoms with van der Waals surface area (Å²) in [5.41, 5.74) is 0. The van der Waals surface area contributed by atoms with Gasteiger partial charge in [-0.25, -0.2) is 0 Å². The average Bonchev–Trinajstić information content (AvgIpc) is 1.59. The smallest absolute Gasteiger partial charge is 0.0600 e. The van der Waals surface area contributed by atoms with Crippen molar-refractivity contribution < 1.29 is 1.37 Å². The summed E-state index contributed by atoms with van der Waals surface area (Å²) in [5, 5.41) is 0. The van der Waals surface area contributed by atoms with Gasteiger partial charge in [-0.3, -0.25) is 0 Å². The van der Waals surface area contributed by atoms with Crippen LogP contribution in [-0.2, 0) is 0 Å². The number of rotatable bonds is 0. The maximum atomic E-state index is 7.22. The van der Waals surface area contributed by atoms with E-state index in [1.54, 1.807) is 12.1 Å². The Morgan fingerprint density at radius 3 is 2.12 bits per heavy atom. The number of hydrogen-bond acceptors (Lipinski definition) is 0. The fraction of sp³-hybridized carbons (Fsp3) is 0. The third-order valence-electron chi connectivity index (χ3n) is 0.718. The van der Waals surface area contributed by atoms with Crippen molar-refractivity contribution in [2.45, 2.75) is 0 Å². The van der Waals surface area contributed by atoms with E-state index in [4.69, 9.17) is 1.37 Å². The molecule has 0 atom stereocenters. The molecule has 0 unspecified atom stereocenters. The van der Waals surface area contributed by atoms with Crippen LogP contribution in [0.5, 0.6) is 0 Å². The Hall–Kier alpha value is 0.180. The van der Waals surface area contributed by atoms with Crippen molar-refractivity contribution in [3.05, 3.63) is 33.2 Å². The molecule has 0 aliphatic heterocycles. The van der Waals surface area contributed by atoms with E-state index in [0.29, 0.717) is 6.04 Å². The summed E-state index contributed by atoms with van der Waals surface area (Å²) >= 11 is 6.53. The zero-order valence-electron chi connectivity index (χ0n) is 4.99. The molecule has 0 spiro atoms. The summed E-state index contributed by atoms with van der Waals surface area (Å²) in [6.45, 7) is 0. The molecular weight excluding hydrogens is 232 g/mol. The van der Waals surface area contributed by atoms with Gasteiger partial charge in [-0.2, -0.15) is 0 Å². The van der Waals surface area contributed by atoms with Gasteiger partial charge in [-0.15, -0.1) is 0 Å². The SMILES string of the molecule is [2H]c1cc(Br)cc(Br)c1. The van der Waals surface area contributed by atoms with Crippen LogP contribution in [0.2, 0.25) is 0 Å². The second-order valence-corrected chi connectivity index (χ2v) is 3.20. The summed E-state index contributed by atoms with van der Waals surface area (Å²) in [6, 6.07) is 5.89. The molecule has 0 heterocycles. The first-order chi connectivity index (χ1) is 4.18. The van der Waals surface area contributed by atoms with Crippen molar-refractivity contribution in [2.24, 2.45) is 0 Å². The molecule has 0 saturated heterocycles. The maximum absolute atomic E-state index is 7.22. The molecular formula is C6H4Br2. The van der Waals surface area contributed by atoms with Gasteiger partial charge in [-0.1, -0.05) is 37.9 Å². The van der Waals surface area contributed by atoms with Gasteiger partial charge in [-0.05, 0) is 18.2 Å². The molecule has 0 fully saturated rings. The van der Waals surface area contributed by atoms with E-state index in [-0.39, 0.29) is 0 Å². The third kappa shape index (κ3) is 1.60. The van der Waals surface area contributed by atoms with Gasteiger partial charge >= 0.3 is 0 Å². The second-order valence-electron chi connectivity index (χ2n) is 1.37. The Kier molecular flexibility index (Phi) is 1.66. The van der Waals surface area contributed by atoms with Crippen molar-refractivity contribution in [2.75, 3.05) is 0 Å². The molecule has 1 aromatic rings. The fourth-order valence-electron chi connectivity index (χ4n) is 0.416. The monoisotopic (exact) mass is 235 g/mol. The minimum atomic E-state index is 0.510. The Bertz CT molecular complexity index is 172. The first kappa shape index (κ1) is 5.00. The molecule has 0 amide bonds. The number of benzene rings is 1. The maximum Gasteiger partial charge on any atom is 0.0623 e. The minimum Gasteiger partial charge on any atom is -0.0600 e. The summed E-state index contributed by atoms with van der Waals surface area (Å²) < 4.78 is 9.08. The van der Waals surface area contributed by atoms with Crippen LogP contribution in [0.4, 0.5) is 0 Å². The molecule has 0 N–H and O–H groups in total. The van der Waals surface area contributed by atoms with Crippen LogP contribution < -0.4 is 0 Å². The Balaban J connectivity index is 3.17. The van der Waals surface area contributed by atoms with Gasteiger partial charge < -0.3 is 0 Å². The largest absolute Gasteiger partial charge is 0.0623 e. The first-order valence-electron chi connectivity index (χ1n) is 2.61. The average molecular weight is 237 g/mol. The number of hydrogen-bond donors (Lipinski definition) is 0. The molecule has 0 aliphatic carbocycles. The zero-order valence-corrected chi connectivity index (χ0v) is 7.16. The van der Waals surface area contributed by atoms with E-state index in [1.807, 2.05) is 6.07 Å². The fourth-order valence-corrected chi connectivity index (χ4v) is 1.48. The van der Waals surface area contributed by atoms with E-state index in [9.17, 15) is 0 Å². The molecule has 1 aromatic carbocycles. The van der Waals surface area contributed by atoms with E-state index >= 15 is 0 Å². The summed E-state index contributed by atoms with van der Waals surface area (Å²) in [4.78, 5) is 0. The lowest BCUT2D eigenvalue weighted by molar-refractivity contribution is 1.60. The summed E-state index contributed by atoms with van der Waals surface area (Å²) in [6.07, 6.45) is 0. The highest BCUT2D eigenvalue weighted by atomic mass is 79.9. The lowest BCUT2D eigenvalue weighted by atomic mass is 10.4. The number of halogens is 2. The van der Waals surface area contributed by atoms with Crippen molar-refractivity contribution in [1.82, 2.24) is 0 Å². The zero-order chi connectivity index (χ0) is 6.85. The summed E-state index contributed by atoms with van der Waals surface area (Å²) in [5.74, 6) is 0. The summed E-state index contributed by atoms with van der Waals surface area (Å²) in [7, 11) is 0. The quantitative estimate of drug-likeness (QED) is 0.649. The predicted octanol–water partition coefficient (Wildman–Crippen LogP) is 3.21. The van der Waals surface area contributed by atoms with Gasteiger partial charge in [0.05, 0.1) is 1.37 Å². The molecule has 8 heavy (non-hydrogen) atoms. The second kappa shape index (κ2) is 2.65. The highest BCUT2D eigenvalue weighted by Gasteiger charge is 1.84. The molecule has 0 bridgehead atoms. The lowest BCUT2D eigenvalue weighted by Crippen LogP contribution is -1.61. The van der Waals surface area contributed by atoms with Crippen molar-refractivity contribution >= 4 is 31.9 Å². The lowest BCUT2D eigenvalue weighted by Gasteiger charge is -1.87. The molecule has 1 rings (SSSR count). The Morgan fingerprint density at radius 1 is 1.25 bits per heavy atom. The Morgan fingerprint density at radius 2 is 1.75 bits per heavy atom. The molecule has 0 nitrogen and oxygen atoms in total. The van der Waals surface area contributed by atoms with Gasteiger partial charge in [0.15, 0.2) is 0 Å². The van der Waals surface area contributed by atoms with Crippen LogP contribution in [0.25, 0.3) is 0 Å². The molecule has 0 aliphatic rings. The van der Waals surface area contributed by atoms with E-state index in [0.717, 1.165) is 8.95 Å². The topological polar surface area (TPSA) is 0 Å². The van der Waals surface area contributed by atoms with Gasteiger partial charge in [0.25, 0.3) is 0 Å². The van der Waals surface area contributed by atoms with Crippen LogP contribution in [-0.4, -0.2) is 0 Å². The predicted molar refractivity (Wildman–Crippen MR) is 41.8 cm³/mol. The highest BCUT2D eigenvalue weighted by Crippen LogP contribution is 2.15. The van der Waals surface area contributed by atoms with Gasteiger partial charge in [0.1, 0.15) is 0 Å². The van der Waals surface area contributed by atoms with Crippen molar-refractivity contribution in [1.29, 1.82) is 0 Å². The van der Waals surface area contributed by atoms with Crippen LogP contribution in [0.15, 0.2) is 33.2 Å². The van der Waals surface area contributed by atoms with E-state index in [1.165, 1.54) is 0 Å². The van der Waals surface area contributed by atoms with Crippen molar-refractivity contribution in [3.8, 4) is 0 Å². The molecule has 2 heteroatoms. The molecule has 0 aromatic heterocycles. The van der Waals surface area contributed by atoms with Crippen LogP contribution in [0.1, 0.15) is 1.37 Å². The van der Waals surface area contributed by atoms with Crippen LogP contribution in [0.3, 0.4) is 0 Å². The third-order valence-corrected chi connectivity index (χ3v) is 1.63. The van der Waals surface area contributed by atoms with Crippen LogP contribution >= 0.6 is 31.9 Å². The van der Waals surface area contributed by atoms with Gasteiger partial charge in [0, 0.05) is 8.95 Å². The van der Waals surface area contributed by atoms with Gasteiger partial charge in [0.2, 0.25) is 0 Å². The Labute approximate surface area is 66.6 Å².